The fraction of sp³-hybridized carbons (Fsp3) is 0.833. The highest BCUT2D eigenvalue weighted by molar-refractivity contribution is 7.86. The average molecular weight is 319 g/mol. The summed E-state index contributed by atoms with van der Waals surface area (Å²) in [6, 6.07) is -0.714. The van der Waals surface area contributed by atoms with Crippen LogP contribution in [-0.4, -0.2) is 66.2 Å². The maximum Gasteiger partial charge on any atom is 0.307 e. The highest BCUT2D eigenvalue weighted by Crippen LogP contribution is 2.24. The zero-order valence-electron chi connectivity index (χ0n) is 12.0. The molecule has 0 bridgehead atoms. The van der Waals surface area contributed by atoms with E-state index in [1.165, 1.54) is 8.61 Å². The van der Waals surface area contributed by atoms with E-state index >= 15 is 0 Å². The molecule has 2 unspecified atom stereocenters. The van der Waals surface area contributed by atoms with Crippen LogP contribution in [0.25, 0.3) is 0 Å². The quantitative estimate of drug-likeness (QED) is 0.708. The number of amides is 1. The minimum absolute atomic E-state index is 0.0216. The number of nitrogens with zero attached hydrogens (tertiary/aromatic N) is 2. The molecule has 0 aromatic heterocycles. The number of aliphatic carboxylic acids is 1. The summed E-state index contributed by atoms with van der Waals surface area (Å²) in [4.78, 5) is 22.9. The Labute approximate surface area is 124 Å². The molecule has 2 saturated heterocycles. The van der Waals surface area contributed by atoms with E-state index in [0.29, 0.717) is 25.8 Å². The maximum atomic E-state index is 12.7. The van der Waals surface area contributed by atoms with Crippen LogP contribution < -0.4 is 5.32 Å². The van der Waals surface area contributed by atoms with Gasteiger partial charge in [0.2, 0.25) is 5.91 Å². The number of piperazine rings is 1. The molecule has 21 heavy (non-hydrogen) atoms. The van der Waals surface area contributed by atoms with Crippen molar-refractivity contribution in [2.75, 3.05) is 26.2 Å². The third-order valence-electron chi connectivity index (χ3n) is 4.02. The van der Waals surface area contributed by atoms with Gasteiger partial charge in [-0.15, -0.1) is 0 Å². The molecule has 0 spiro atoms. The lowest BCUT2D eigenvalue weighted by Crippen LogP contribution is -2.60. The largest absolute Gasteiger partial charge is 0.481 e. The number of carbonyl (C=O) groups is 2. The molecule has 2 aliphatic heterocycles. The lowest BCUT2D eigenvalue weighted by Gasteiger charge is -2.39. The van der Waals surface area contributed by atoms with Gasteiger partial charge < -0.3 is 10.4 Å². The number of carboxylic acid groups (broad SMARTS) is 1. The number of hydrogen-bond acceptors (Lipinski definition) is 4. The molecule has 8 nitrogen and oxygen atoms in total. The Morgan fingerprint density at radius 2 is 2.14 bits per heavy atom. The smallest absolute Gasteiger partial charge is 0.307 e. The zero-order chi connectivity index (χ0) is 15.6. The summed E-state index contributed by atoms with van der Waals surface area (Å²) in [6.07, 6.45) is 1.40. The van der Waals surface area contributed by atoms with Crippen LogP contribution in [0.4, 0.5) is 0 Å². The van der Waals surface area contributed by atoms with E-state index in [9.17, 15) is 18.0 Å². The Morgan fingerprint density at radius 1 is 1.43 bits per heavy atom. The van der Waals surface area contributed by atoms with Crippen molar-refractivity contribution in [1.29, 1.82) is 0 Å². The SMILES string of the molecule is CCC1C(=O)NCCN1S(=O)(=O)N1CCCC(C(=O)O)C1. The van der Waals surface area contributed by atoms with Crippen molar-refractivity contribution in [1.82, 2.24) is 13.9 Å². The molecule has 1 amide bonds. The van der Waals surface area contributed by atoms with Gasteiger partial charge in [-0.1, -0.05) is 6.92 Å². The molecule has 2 atom stereocenters. The van der Waals surface area contributed by atoms with Crippen molar-refractivity contribution in [3.8, 4) is 0 Å². The third kappa shape index (κ3) is 3.19. The van der Waals surface area contributed by atoms with E-state index in [4.69, 9.17) is 5.11 Å². The highest BCUT2D eigenvalue weighted by Gasteiger charge is 2.41. The summed E-state index contributed by atoms with van der Waals surface area (Å²) in [5.41, 5.74) is 0. The predicted molar refractivity (Wildman–Crippen MR) is 74.6 cm³/mol. The van der Waals surface area contributed by atoms with Gasteiger partial charge in [0.1, 0.15) is 6.04 Å². The maximum absolute atomic E-state index is 12.7. The van der Waals surface area contributed by atoms with Crippen LogP contribution in [0.15, 0.2) is 0 Å². The van der Waals surface area contributed by atoms with E-state index in [1.807, 2.05) is 0 Å². The van der Waals surface area contributed by atoms with Crippen molar-refractivity contribution in [3.05, 3.63) is 0 Å². The average Bonchev–Trinajstić information content (AvgIpc) is 2.47. The lowest BCUT2D eigenvalue weighted by atomic mass is 10.0. The van der Waals surface area contributed by atoms with Gasteiger partial charge in [-0.3, -0.25) is 9.59 Å². The molecular formula is C12H21N3O5S. The first-order valence-electron chi connectivity index (χ1n) is 7.15. The second-order valence-electron chi connectivity index (χ2n) is 5.37. The van der Waals surface area contributed by atoms with Crippen LogP contribution in [-0.2, 0) is 19.8 Å². The number of piperidine rings is 1. The Morgan fingerprint density at radius 3 is 2.76 bits per heavy atom. The first kappa shape index (κ1) is 16.2. The van der Waals surface area contributed by atoms with Crippen molar-refractivity contribution in [2.45, 2.75) is 32.2 Å². The van der Waals surface area contributed by atoms with E-state index in [1.54, 1.807) is 6.92 Å². The minimum atomic E-state index is -3.80. The minimum Gasteiger partial charge on any atom is -0.481 e. The Balaban J connectivity index is 2.20. The van der Waals surface area contributed by atoms with E-state index < -0.39 is 28.1 Å². The second kappa shape index (κ2) is 6.29. The van der Waals surface area contributed by atoms with Crippen LogP contribution in [0, 0.1) is 5.92 Å². The van der Waals surface area contributed by atoms with Crippen LogP contribution >= 0.6 is 0 Å². The number of carbonyl (C=O) groups excluding carboxylic acids is 1. The molecule has 2 rings (SSSR count). The summed E-state index contributed by atoms with van der Waals surface area (Å²) >= 11 is 0. The standard InChI is InChI=1S/C12H21N3O5S/c1-2-10-11(16)13-5-7-15(10)21(19,20)14-6-3-4-9(8-14)12(17)18/h9-10H,2-8H2,1H3,(H,13,16)(H,17,18). The van der Waals surface area contributed by atoms with Gasteiger partial charge in [-0.05, 0) is 19.3 Å². The topological polar surface area (TPSA) is 107 Å². The molecule has 2 heterocycles. The van der Waals surface area contributed by atoms with Crippen molar-refractivity contribution >= 4 is 22.1 Å². The van der Waals surface area contributed by atoms with Gasteiger partial charge in [0, 0.05) is 26.2 Å². The lowest BCUT2D eigenvalue weighted by molar-refractivity contribution is -0.143. The summed E-state index contributed by atoms with van der Waals surface area (Å²) in [7, 11) is -3.80. The summed E-state index contributed by atoms with van der Waals surface area (Å²) in [5.74, 6) is -1.94. The van der Waals surface area contributed by atoms with Crippen LogP contribution in [0.5, 0.6) is 0 Å². The van der Waals surface area contributed by atoms with E-state index in [-0.39, 0.29) is 25.5 Å². The fourth-order valence-electron chi connectivity index (χ4n) is 2.86. The molecule has 0 aliphatic carbocycles. The monoisotopic (exact) mass is 319 g/mol. The molecule has 0 saturated carbocycles. The number of nitrogens with one attached hydrogen (secondary N) is 1. The summed E-state index contributed by atoms with van der Waals surface area (Å²) < 4.78 is 27.8. The van der Waals surface area contributed by atoms with Crippen molar-refractivity contribution in [3.63, 3.8) is 0 Å². The number of carboxylic acids is 1. The molecule has 9 heteroatoms. The van der Waals surface area contributed by atoms with E-state index in [2.05, 4.69) is 5.32 Å². The predicted octanol–water partition coefficient (Wildman–Crippen LogP) is -0.762. The molecule has 0 aromatic rings. The van der Waals surface area contributed by atoms with Crippen LogP contribution in [0.3, 0.4) is 0 Å². The fourth-order valence-corrected chi connectivity index (χ4v) is 4.77. The van der Waals surface area contributed by atoms with Crippen molar-refractivity contribution in [2.24, 2.45) is 5.92 Å². The highest BCUT2D eigenvalue weighted by atomic mass is 32.2. The van der Waals surface area contributed by atoms with Gasteiger partial charge in [0.15, 0.2) is 0 Å². The molecule has 0 aromatic carbocycles. The Hall–Kier alpha value is -1.19. The van der Waals surface area contributed by atoms with E-state index in [0.717, 1.165) is 0 Å². The summed E-state index contributed by atoms with van der Waals surface area (Å²) in [5, 5.41) is 11.7. The first-order chi connectivity index (χ1) is 9.87. The Bertz CT molecular complexity index is 521. The molecule has 2 fully saturated rings. The number of hydrogen-bond donors (Lipinski definition) is 2. The summed E-state index contributed by atoms with van der Waals surface area (Å²) in [6.45, 7) is 2.55. The van der Waals surface area contributed by atoms with Gasteiger partial charge in [0.05, 0.1) is 5.92 Å². The third-order valence-corrected chi connectivity index (χ3v) is 6.04. The number of rotatable bonds is 4. The van der Waals surface area contributed by atoms with Gasteiger partial charge >= 0.3 is 5.97 Å². The molecule has 120 valence electrons. The molecule has 2 aliphatic rings. The van der Waals surface area contributed by atoms with Crippen LogP contribution in [0.1, 0.15) is 26.2 Å². The zero-order valence-corrected chi connectivity index (χ0v) is 12.8. The Kier molecular flexibility index (Phi) is 4.84. The first-order valence-corrected chi connectivity index (χ1v) is 8.55. The van der Waals surface area contributed by atoms with Crippen molar-refractivity contribution < 1.29 is 23.1 Å². The molecular weight excluding hydrogens is 298 g/mol. The normalized spacial score (nSPS) is 29.1. The van der Waals surface area contributed by atoms with Gasteiger partial charge in [-0.2, -0.15) is 17.0 Å². The second-order valence-corrected chi connectivity index (χ2v) is 7.25. The van der Waals surface area contributed by atoms with Crippen LogP contribution in [0.2, 0.25) is 0 Å². The molecule has 0 radical (unpaired) electrons. The molecule has 2 N–H and O–H groups in total. The van der Waals surface area contributed by atoms with Gasteiger partial charge in [0.25, 0.3) is 10.2 Å². The van der Waals surface area contributed by atoms with Gasteiger partial charge in [-0.25, -0.2) is 0 Å².